The lowest BCUT2D eigenvalue weighted by Crippen LogP contribution is -2.24. The van der Waals surface area contributed by atoms with Crippen LogP contribution in [0.5, 0.6) is 0 Å². The molecule has 1 aromatic carbocycles. The monoisotopic (exact) mass is 247 g/mol. The van der Waals surface area contributed by atoms with Crippen LogP contribution >= 0.6 is 0 Å². The zero-order valence-corrected chi connectivity index (χ0v) is 10.5. The van der Waals surface area contributed by atoms with Crippen molar-refractivity contribution in [2.24, 2.45) is 12.8 Å². The van der Waals surface area contributed by atoms with Crippen molar-refractivity contribution in [3.05, 3.63) is 53.6 Å². The lowest BCUT2D eigenvalue weighted by molar-refractivity contribution is 0.556. The van der Waals surface area contributed by atoms with Crippen LogP contribution in [0.2, 0.25) is 0 Å². The van der Waals surface area contributed by atoms with Crippen molar-refractivity contribution >= 4 is 0 Å². The van der Waals surface area contributed by atoms with Crippen molar-refractivity contribution < 1.29 is 4.39 Å². The van der Waals surface area contributed by atoms with E-state index < -0.39 is 0 Å². The molecule has 0 bridgehead atoms. The van der Waals surface area contributed by atoms with Crippen LogP contribution in [0, 0.1) is 5.82 Å². The first-order chi connectivity index (χ1) is 8.66. The summed E-state index contributed by atoms with van der Waals surface area (Å²) in [6, 6.07) is 8.75. The zero-order chi connectivity index (χ0) is 13.0. The zero-order valence-electron chi connectivity index (χ0n) is 10.5. The third kappa shape index (κ3) is 3.17. The van der Waals surface area contributed by atoms with Crippen LogP contribution < -0.4 is 5.73 Å². The van der Waals surface area contributed by atoms with Crippen LogP contribution in [0.4, 0.5) is 4.39 Å². The summed E-state index contributed by atoms with van der Waals surface area (Å²) in [6.07, 6.45) is 4.04. The topological polar surface area (TPSA) is 43.8 Å². The van der Waals surface area contributed by atoms with Gasteiger partial charge in [-0.2, -0.15) is 5.10 Å². The van der Waals surface area contributed by atoms with E-state index in [-0.39, 0.29) is 11.9 Å². The second kappa shape index (κ2) is 5.78. The first-order valence-electron chi connectivity index (χ1n) is 6.12. The standard InChI is InChI=1S/C14H18FN3/c1-18-13(8-9-17-18)7-6-12(16)10-11-4-2-3-5-14(11)15/h2-5,8-9,12H,6-7,10,16H2,1H3. The van der Waals surface area contributed by atoms with Gasteiger partial charge in [-0.3, -0.25) is 4.68 Å². The van der Waals surface area contributed by atoms with E-state index in [1.807, 2.05) is 23.9 Å². The van der Waals surface area contributed by atoms with Gasteiger partial charge in [-0.05, 0) is 37.0 Å². The second-order valence-electron chi connectivity index (χ2n) is 4.54. The summed E-state index contributed by atoms with van der Waals surface area (Å²) >= 11 is 0. The molecule has 0 aliphatic rings. The Balaban J connectivity index is 1.88. The normalized spacial score (nSPS) is 12.6. The van der Waals surface area contributed by atoms with Crippen molar-refractivity contribution in [2.75, 3.05) is 0 Å². The molecule has 0 aliphatic heterocycles. The number of hydrogen-bond acceptors (Lipinski definition) is 2. The van der Waals surface area contributed by atoms with Crippen molar-refractivity contribution in [1.29, 1.82) is 0 Å². The number of benzene rings is 1. The molecular weight excluding hydrogens is 229 g/mol. The van der Waals surface area contributed by atoms with Crippen LogP contribution in [0.15, 0.2) is 36.5 Å². The van der Waals surface area contributed by atoms with E-state index in [1.165, 1.54) is 6.07 Å². The Hall–Kier alpha value is -1.68. The average Bonchev–Trinajstić information content (AvgIpc) is 2.75. The lowest BCUT2D eigenvalue weighted by Gasteiger charge is -2.12. The summed E-state index contributed by atoms with van der Waals surface area (Å²) in [6.45, 7) is 0. The van der Waals surface area contributed by atoms with E-state index in [9.17, 15) is 4.39 Å². The van der Waals surface area contributed by atoms with Gasteiger partial charge in [0.05, 0.1) is 0 Å². The van der Waals surface area contributed by atoms with Gasteiger partial charge in [0, 0.05) is 25.0 Å². The quantitative estimate of drug-likeness (QED) is 0.879. The summed E-state index contributed by atoms with van der Waals surface area (Å²) in [5.74, 6) is -0.173. The van der Waals surface area contributed by atoms with Crippen LogP contribution in [0.3, 0.4) is 0 Å². The maximum absolute atomic E-state index is 13.5. The Morgan fingerprint density at radius 1 is 1.33 bits per heavy atom. The van der Waals surface area contributed by atoms with E-state index in [2.05, 4.69) is 5.10 Å². The van der Waals surface area contributed by atoms with E-state index in [0.717, 1.165) is 18.5 Å². The molecule has 0 radical (unpaired) electrons. The fourth-order valence-electron chi connectivity index (χ4n) is 2.03. The molecule has 1 heterocycles. The number of rotatable bonds is 5. The second-order valence-corrected chi connectivity index (χ2v) is 4.54. The van der Waals surface area contributed by atoms with Crippen molar-refractivity contribution in [3.63, 3.8) is 0 Å². The first-order valence-corrected chi connectivity index (χ1v) is 6.12. The molecular formula is C14H18FN3. The van der Waals surface area contributed by atoms with Gasteiger partial charge in [-0.25, -0.2) is 4.39 Å². The molecule has 0 fully saturated rings. The average molecular weight is 247 g/mol. The molecule has 1 unspecified atom stereocenters. The van der Waals surface area contributed by atoms with Gasteiger partial charge in [0.1, 0.15) is 5.82 Å². The van der Waals surface area contributed by atoms with E-state index in [4.69, 9.17) is 5.73 Å². The Labute approximate surface area is 106 Å². The highest BCUT2D eigenvalue weighted by Gasteiger charge is 2.09. The molecule has 2 rings (SSSR count). The Morgan fingerprint density at radius 2 is 2.11 bits per heavy atom. The molecule has 4 heteroatoms. The summed E-state index contributed by atoms with van der Waals surface area (Å²) < 4.78 is 15.3. The van der Waals surface area contributed by atoms with Crippen molar-refractivity contribution in [1.82, 2.24) is 9.78 Å². The molecule has 0 amide bonds. The summed E-state index contributed by atoms with van der Waals surface area (Å²) in [5, 5.41) is 4.11. The molecule has 18 heavy (non-hydrogen) atoms. The minimum Gasteiger partial charge on any atom is -0.327 e. The van der Waals surface area contributed by atoms with Gasteiger partial charge in [0.15, 0.2) is 0 Å². The molecule has 3 nitrogen and oxygen atoms in total. The number of aromatic nitrogens is 2. The third-order valence-corrected chi connectivity index (χ3v) is 3.13. The minimum absolute atomic E-state index is 0.0307. The van der Waals surface area contributed by atoms with Crippen LogP contribution in [-0.4, -0.2) is 15.8 Å². The highest BCUT2D eigenvalue weighted by atomic mass is 19.1. The minimum atomic E-state index is -0.173. The number of aryl methyl sites for hydroxylation is 2. The fourth-order valence-corrected chi connectivity index (χ4v) is 2.03. The maximum Gasteiger partial charge on any atom is 0.126 e. The summed E-state index contributed by atoms with van der Waals surface area (Å²) in [5.41, 5.74) is 7.89. The number of nitrogens with zero attached hydrogens (tertiary/aromatic N) is 2. The third-order valence-electron chi connectivity index (χ3n) is 3.13. The first kappa shape index (κ1) is 12.8. The predicted molar refractivity (Wildman–Crippen MR) is 69.6 cm³/mol. The highest BCUT2D eigenvalue weighted by molar-refractivity contribution is 5.18. The molecule has 1 atom stereocenters. The van der Waals surface area contributed by atoms with E-state index in [0.29, 0.717) is 12.0 Å². The number of hydrogen-bond donors (Lipinski definition) is 1. The largest absolute Gasteiger partial charge is 0.327 e. The van der Waals surface area contributed by atoms with Gasteiger partial charge in [0.25, 0.3) is 0 Å². The predicted octanol–water partition coefficient (Wildman–Crippen LogP) is 2.06. The number of halogens is 1. The Bertz CT molecular complexity index is 507. The van der Waals surface area contributed by atoms with Crippen LogP contribution in [0.1, 0.15) is 17.7 Å². The molecule has 0 saturated carbocycles. The molecule has 0 aliphatic carbocycles. The van der Waals surface area contributed by atoms with Crippen LogP contribution in [-0.2, 0) is 19.9 Å². The molecule has 0 saturated heterocycles. The van der Waals surface area contributed by atoms with Gasteiger partial charge in [0.2, 0.25) is 0 Å². The molecule has 1 aromatic heterocycles. The lowest BCUT2D eigenvalue weighted by atomic mass is 10.0. The Kier molecular flexibility index (Phi) is 4.10. The maximum atomic E-state index is 13.5. The van der Waals surface area contributed by atoms with Gasteiger partial charge < -0.3 is 5.73 Å². The van der Waals surface area contributed by atoms with Crippen molar-refractivity contribution in [3.8, 4) is 0 Å². The van der Waals surface area contributed by atoms with Gasteiger partial charge in [-0.15, -0.1) is 0 Å². The van der Waals surface area contributed by atoms with Gasteiger partial charge in [-0.1, -0.05) is 18.2 Å². The molecule has 0 spiro atoms. The molecule has 2 aromatic rings. The summed E-state index contributed by atoms with van der Waals surface area (Å²) in [4.78, 5) is 0. The van der Waals surface area contributed by atoms with Crippen molar-refractivity contribution in [2.45, 2.75) is 25.3 Å². The Morgan fingerprint density at radius 3 is 2.78 bits per heavy atom. The van der Waals surface area contributed by atoms with E-state index >= 15 is 0 Å². The smallest absolute Gasteiger partial charge is 0.126 e. The molecule has 96 valence electrons. The number of nitrogens with two attached hydrogens (primary N) is 1. The fraction of sp³-hybridized carbons (Fsp3) is 0.357. The summed E-state index contributed by atoms with van der Waals surface area (Å²) in [7, 11) is 1.91. The molecule has 2 N–H and O–H groups in total. The van der Waals surface area contributed by atoms with E-state index in [1.54, 1.807) is 18.3 Å². The van der Waals surface area contributed by atoms with Crippen LogP contribution in [0.25, 0.3) is 0 Å². The SMILES string of the molecule is Cn1nccc1CCC(N)Cc1ccccc1F. The highest BCUT2D eigenvalue weighted by Crippen LogP contribution is 2.11. The van der Waals surface area contributed by atoms with Gasteiger partial charge >= 0.3 is 0 Å².